The summed E-state index contributed by atoms with van der Waals surface area (Å²) in [4.78, 5) is 28.2. The second-order valence-electron chi connectivity index (χ2n) is 11.4. The van der Waals surface area contributed by atoms with Crippen molar-refractivity contribution in [3.8, 4) is 0 Å². The molecule has 0 aliphatic carbocycles. The number of hydrogen-bond acceptors (Lipinski definition) is 9. The molecule has 10 nitrogen and oxygen atoms in total. The second-order valence-corrected chi connectivity index (χ2v) is 13.3. The van der Waals surface area contributed by atoms with Crippen LogP contribution in [0.3, 0.4) is 0 Å². The molecule has 5 aliphatic rings. The molecule has 5 fully saturated rings. The predicted octanol–water partition coefficient (Wildman–Crippen LogP) is -0.197. The van der Waals surface area contributed by atoms with Gasteiger partial charge in [0, 0.05) is 63.7 Å². The Labute approximate surface area is 236 Å². The van der Waals surface area contributed by atoms with Crippen molar-refractivity contribution >= 4 is 35.2 Å². The zero-order chi connectivity index (χ0) is 27.9. The molecule has 0 radical (unpaired) electrons. The van der Waals surface area contributed by atoms with Gasteiger partial charge in [-0.15, -0.1) is 23.4 Å². The van der Waals surface area contributed by atoms with Crippen LogP contribution in [-0.4, -0.2) is 110 Å². The number of rotatable bonds is 5. The highest BCUT2D eigenvalue weighted by Gasteiger charge is 2.48. The lowest BCUT2D eigenvalue weighted by Gasteiger charge is -2.45. The van der Waals surface area contributed by atoms with Crippen molar-refractivity contribution in [3.05, 3.63) is 0 Å². The maximum Gasteiger partial charge on any atom is 0.417 e. The summed E-state index contributed by atoms with van der Waals surface area (Å²) in [5.74, 6) is -0.584. The summed E-state index contributed by atoms with van der Waals surface area (Å²) in [6, 6.07) is 0.312. The highest BCUT2D eigenvalue weighted by molar-refractivity contribution is 8.00. The van der Waals surface area contributed by atoms with Crippen LogP contribution in [0.25, 0.3) is 0 Å². The fourth-order valence-corrected chi connectivity index (χ4v) is 8.48. The van der Waals surface area contributed by atoms with Crippen molar-refractivity contribution in [1.29, 1.82) is 0 Å². The first-order valence-corrected chi connectivity index (χ1v) is 15.1. The van der Waals surface area contributed by atoms with Crippen LogP contribution >= 0.6 is 23.4 Å². The van der Waals surface area contributed by atoms with E-state index < -0.39 is 18.3 Å². The average Bonchev–Trinajstić information content (AvgIpc) is 3.46. The third-order valence-electron chi connectivity index (χ3n) is 8.86. The average molecular weight is 598 g/mol. The van der Waals surface area contributed by atoms with E-state index >= 15 is 0 Å². The van der Waals surface area contributed by atoms with E-state index in [2.05, 4.69) is 38.8 Å². The molecule has 0 aromatic carbocycles. The van der Waals surface area contributed by atoms with Crippen LogP contribution in [0.1, 0.15) is 19.8 Å². The van der Waals surface area contributed by atoms with E-state index in [-0.39, 0.29) is 71.1 Å². The lowest BCUT2D eigenvalue weighted by atomic mass is 9.70. The van der Waals surface area contributed by atoms with Gasteiger partial charge in [-0.3, -0.25) is 30.9 Å². The number of carbonyl (C=O) groups is 2. The Hall–Kier alpha value is -0.870. The number of nitrogens with one attached hydrogen (secondary N) is 6. The van der Waals surface area contributed by atoms with Crippen LogP contribution in [0.15, 0.2) is 0 Å². The number of methoxy groups -OCH3 is 1. The zero-order valence-electron chi connectivity index (χ0n) is 22.1. The van der Waals surface area contributed by atoms with Gasteiger partial charge in [0.25, 0.3) is 0 Å². The minimum absolute atomic E-state index is 0.00127. The maximum absolute atomic E-state index is 13.5. The van der Waals surface area contributed by atoms with Crippen molar-refractivity contribution in [2.45, 2.75) is 66.5 Å². The fourth-order valence-electron chi connectivity index (χ4n) is 6.77. The van der Waals surface area contributed by atoms with E-state index in [0.717, 1.165) is 12.8 Å². The highest BCUT2D eigenvalue weighted by Crippen LogP contribution is 2.38. The van der Waals surface area contributed by atoms with Gasteiger partial charge in [-0.25, -0.2) is 0 Å². The Kier molecular flexibility index (Phi) is 9.24. The smallest absolute Gasteiger partial charge is 0.380 e. The number of halogens is 4. The molecule has 2 amide bonds. The molecule has 5 rings (SSSR count). The molecule has 5 saturated heterocycles. The molecule has 15 heteroatoms. The van der Waals surface area contributed by atoms with Gasteiger partial charge in [-0.1, -0.05) is 0 Å². The Morgan fingerprint density at radius 3 is 2.44 bits per heavy atom. The number of likely N-dealkylation sites (tertiary alicyclic amines) is 1. The molecule has 39 heavy (non-hydrogen) atoms. The SMILES string of the molecule is COC1CNC(Cl)CC1C1CC(C)NCC1C(=O)NC1NC2CN(C(=O)C3CNC(C(F)(F)F)NC3)CC2S1. The predicted molar refractivity (Wildman–Crippen MR) is 142 cm³/mol. The minimum Gasteiger partial charge on any atom is -0.380 e. The molecule has 5 heterocycles. The first-order valence-electron chi connectivity index (χ1n) is 13.7. The molecule has 0 saturated carbocycles. The van der Waals surface area contributed by atoms with E-state index in [1.54, 1.807) is 23.8 Å². The van der Waals surface area contributed by atoms with Crippen LogP contribution in [0.5, 0.6) is 0 Å². The van der Waals surface area contributed by atoms with Gasteiger partial charge in [0.1, 0.15) is 5.50 Å². The molecule has 0 spiro atoms. The first kappa shape index (κ1) is 29.6. The number of fused-ring (bicyclic) bond motifs is 1. The van der Waals surface area contributed by atoms with E-state index in [0.29, 0.717) is 32.2 Å². The summed E-state index contributed by atoms with van der Waals surface area (Å²) >= 11 is 8.04. The second kappa shape index (κ2) is 12.2. The number of alkyl halides is 4. The standard InChI is InChI=1S/C24H39ClF3N7O3S/c1-11-3-13(14-4-19(25)30-8-17(14)38-2)15(7-29-11)20(36)34-23-33-16-9-35(10-18(16)39-23)21(37)12-5-31-22(32-6-12)24(26,27)28/h11-19,22-23,29-33H,3-10H2,1-2H3,(H,34,36). The Bertz CT molecular complexity index is 886. The van der Waals surface area contributed by atoms with Crippen LogP contribution in [0.2, 0.25) is 0 Å². The van der Waals surface area contributed by atoms with Crippen LogP contribution in [0.4, 0.5) is 13.2 Å². The van der Waals surface area contributed by atoms with Gasteiger partial charge < -0.3 is 20.3 Å². The largest absolute Gasteiger partial charge is 0.417 e. The third-order valence-corrected chi connectivity index (χ3v) is 10.5. The van der Waals surface area contributed by atoms with E-state index in [1.807, 2.05) is 0 Å². The van der Waals surface area contributed by atoms with Gasteiger partial charge in [0.15, 0.2) is 6.17 Å². The molecule has 9 unspecified atom stereocenters. The van der Waals surface area contributed by atoms with Gasteiger partial charge in [-0.05, 0) is 31.6 Å². The highest BCUT2D eigenvalue weighted by atomic mass is 35.5. The maximum atomic E-state index is 13.5. The van der Waals surface area contributed by atoms with Gasteiger partial charge in [0.2, 0.25) is 11.8 Å². The number of hydrogen-bond donors (Lipinski definition) is 6. The number of ether oxygens (including phenoxy) is 1. The summed E-state index contributed by atoms with van der Waals surface area (Å²) in [7, 11) is 1.71. The van der Waals surface area contributed by atoms with Crippen LogP contribution in [0, 0.1) is 23.7 Å². The van der Waals surface area contributed by atoms with Gasteiger partial charge in [-0.2, -0.15) is 13.2 Å². The number of carbonyl (C=O) groups excluding carboxylic acids is 2. The van der Waals surface area contributed by atoms with E-state index in [9.17, 15) is 22.8 Å². The molecule has 222 valence electrons. The zero-order valence-corrected chi connectivity index (χ0v) is 23.7. The van der Waals surface area contributed by atoms with Crippen molar-refractivity contribution in [1.82, 2.24) is 36.8 Å². The molecule has 5 aliphatic heterocycles. The monoisotopic (exact) mass is 597 g/mol. The lowest BCUT2D eigenvalue weighted by Crippen LogP contribution is -2.62. The first-order chi connectivity index (χ1) is 18.5. The van der Waals surface area contributed by atoms with Gasteiger partial charge >= 0.3 is 6.18 Å². The molecule has 0 bridgehead atoms. The Morgan fingerprint density at radius 1 is 1.03 bits per heavy atom. The van der Waals surface area contributed by atoms with E-state index in [1.165, 1.54) is 0 Å². The summed E-state index contributed by atoms with van der Waals surface area (Å²) in [6.45, 7) is 4.34. The molecule has 0 aromatic rings. The number of thioether (sulfide) groups is 1. The lowest BCUT2D eigenvalue weighted by molar-refractivity contribution is -0.170. The van der Waals surface area contributed by atoms with E-state index in [4.69, 9.17) is 16.3 Å². The van der Waals surface area contributed by atoms with Crippen molar-refractivity contribution in [2.75, 3.05) is 46.4 Å². The minimum atomic E-state index is -4.39. The summed E-state index contributed by atoms with van der Waals surface area (Å²) < 4.78 is 44.4. The molecule has 9 atom stereocenters. The Balaban J connectivity index is 1.13. The summed E-state index contributed by atoms with van der Waals surface area (Å²) in [5, 5.41) is 18.2. The number of piperidine rings is 2. The van der Waals surface area contributed by atoms with Crippen molar-refractivity contribution in [3.63, 3.8) is 0 Å². The summed E-state index contributed by atoms with van der Waals surface area (Å²) in [5.41, 5.74) is -0.402. The molecule has 0 aromatic heterocycles. The number of nitrogens with zero attached hydrogens (tertiary/aromatic N) is 1. The van der Waals surface area contributed by atoms with Crippen LogP contribution in [-0.2, 0) is 14.3 Å². The number of amides is 2. The van der Waals surface area contributed by atoms with Crippen molar-refractivity contribution < 1.29 is 27.5 Å². The third kappa shape index (κ3) is 6.63. The van der Waals surface area contributed by atoms with Crippen molar-refractivity contribution in [2.24, 2.45) is 23.7 Å². The molecule has 6 N–H and O–H groups in total. The van der Waals surface area contributed by atoms with Gasteiger partial charge in [0.05, 0.1) is 23.4 Å². The normalized spacial score (nSPS) is 43.2. The summed E-state index contributed by atoms with van der Waals surface area (Å²) in [6.07, 6.45) is -4.56. The topological polar surface area (TPSA) is 119 Å². The quantitative estimate of drug-likeness (QED) is 0.189. The Morgan fingerprint density at radius 2 is 1.77 bits per heavy atom. The molecular weight excluding hydrogens is 559 g/mol. The molecular formula is C24H39ClF3N7O3S. The fraction of sp³-hybridized carbons (Fsp3) is 0.917. The van der Waals surface area contributed by atoms with Crippen LogP contribution < -0.4 is 31.9 Å².